The lowest BCUT2D eigenvalue weighted by Crippen LogP contribution is -2.56. The standard InChI is InChI=1S/C19H33N3O5/c1-5-16-17(15(23)11-27-16)21-18(24)14(10-13(4)12(2)3)20-19(25)22-6-8-26-9-7-22/h12-14,16-17H,5-11H2,1-4H3,(H,20,25)(H,21,24). The van der Waals surface area contributed by atoms with E-state index in [0.29, 0.717) is 45.1 Å². The summed E-state index contributed by atoms with van der Waals surface area (Å²) in [6.07, 6.45) is 0.849. The van der Waals surface area contributed by atoms with Crippen molar-refractivity contribution in [3.05, 3.63) is 0 Å². The van der Waals surface area contributed by atoms with Crippen LogP contribution in [-0.2, 0) is 19.1 Å². The largest absolute Gasteiger partial charge is 0.378 e. The van der Waals surface area contributed by atoms with Crippen LogP contribution in [0.15, 0.2) is 0 Å². The molecule has 8 heteroatoms. The first kappa shape index (κ1) is 21.6. The average molecular weight is 383 g/mol. The van der Waals surface area contributed by atoms with Gasteiger partial charge in [0, 0.05) is 13.1 Å². The molecule has 2 N–H and O–H groups in total. The normalized spacial score (nSPS) is 25.4. The maximum absolute atomic E-state index is 12.9. The summed E-state index contributed by atoms with van der Waals surface area (Å²) in [5, 5.41) is 5.67. The van der Waals surface area contributed by atoms with Crippen molar-refractivity contribution in [2.24, 2.45) is 11.8 Å². The quantitative estimate of drug-likeness (QED) is 0.682. The molecule has 2 saturated heterocycles. The van der Waals surface area contributed by atoms with Crippen LogP contribution in [0.4, 0.5) is 4.79 Å². The van der Waals surface area contributed by atoms with Crippen LogP contribution in [0.1, 0.15) is 40.5 Å². The third kappa shape index (κ3) is 5.90. The first-order chi connectivity index (χ1) is 12.8. The average Bonchev–Trinajstić information content (AvgIpc) is 3.01. The molecule has 3 amide bonds. The molecule has 0 radical (unpaired) electrons. The zero-order valence-corrected chi connectivity index (χ0v) is 16.8. The number of rotatable bonds is 7. The number of nitrogens with one attached hydrogen (secondary N) is 2. The van der Waals surface area contributed by atoms with E-state index in [1.54, 1.807) is 4.90 Å². The predicted octanol–water partition coefficient (Wildman–Crippen LogP) is 0.942. The summed E-state index contributed by atoms with van der Waals surface area (Å²) in [5.41, 5.74) is 0. The first-order valence-corrected chi connectivity index (χ1v) is 9.91. The summed E-state index contributed by atoms with van der Waals surface area (Å²) in [6.45, 7) is 10.2. The molecule has 8 nitrogen and oxygen atoms in total. The number of carbonyl (C=O) groups is 3. The van der Waals surface area contributed by atoms with Gasteiger partial charge in [0.05, 0.1) is 19.3 Å². The molecule has 0 aliphatic carbocycles. The van der Waals surface area contributed by atoms with E-state index in [1.165, 1.54) is 0 Å². The molecule has 0 spiro atoms. The van der Waals surface area contributed by atoms with Gasteiger partial charge in [0.15, 0.2) is 5.78 Å². The smallest absolute Gasteiger partial charge is 0.318 e. The number of hydrogen-bond donors (Lipinski definition) is 2. The number of Topliss-reactive ketones (excluding diaryl/α,β-unsaturated/α-hetero) is 1. The minimum absolute atomic E-state index is 0.0245. The Balaban J connectivity index is 2.04. The molecule has 2 heterocycles. The van der Waals surface area contributed by atoms with E-state index in [0.717, 1.165) is 0 Å². The Labute approximate surface area is 161 Å². The van der Waals surface area contributed by atoms with Crippen molar-refractivity contribution in [1.29, 1.82) is 0 Å². The van der Waals surface area contributed by atoms with E-state index >= 15 is 0 Å². The van der Waals surface area contributed by atoms with Crippen molar-refractivity contribution in [2.75, 3.05) is 32.9 Å². The number of urea groups is 1. The highest BCUT2D eigenvalue weighted by Gasteiger charge is 2.37. The van der Waals surface area contributed by atoms with Crippen LogP contribution >= 0.6 is 0 Å². The zero-order valence-electron chi connectivity index (χ0n) is 16.8. The number of ketones is 1. The molecule has 0 aromatic heterocycles. The summed E-state index contributed by atoms with van der Waals surface area (Å²) in [4.78, 5) is 39.2. The van der Waals surface area contributed by atoms with E-state index in [-0.39, 0.29) is 36.4 Å². The van der Waals surface area contributed by atoms with Crippen molar-refractivity contribution in [3.63, 3.8) is 0 Å². The molecule has 0 aromatic rings. The highest BCUT2D eigenvalue weighted by Crippen LogP contribution is 2.18. The van der Waals surface area contributed by atoms with E-state index < -0.39 is 12.1 Å². The van der Waals surface area contributed by atoms with E-state index in [2.05, 4.69) is 31.4 Å². The Morgan fingerprint density at radius 3 is 2.48 bits per heavy atom. The molecular formula is C19H33N3O5. The Bertz CT molecular complexity index is 533. The van der Waals surface area contributed by atoms with E-state index in [9.17, 15) is 14.4 Å². The summed E-state index contributed by atoms with van der Waals surface area (Å²) < 4.78 is 10.7. The van der Waals surface area contributed by atoms with Crippen LogP contribution in [-0.4, -0.2) is 73.7 Å². The Morgan fingerprint density at radius 1 is 1.22 bits per heavy atom. The number of nitrogens with zero attached hydrogens (tertiary/aromatic N) is 1. The second-order valence-corrected chi connectivity index (χ2v) is 7.77. The molecule has 2 fully saturated rings. The van der Waals surface area contributed by atoms with Crippen molar-refractivity contribution in [3.8, 4) is 0 Å². The van der Waals surface area contributed by atoms with Gasteiger partial charge in [-0.1, -0.05) is 27.7 Å². The predicted molar refractivity (Wildman–Crippen MR) is 100 cm³/mol. The van der Waals surface area contributed by atoms with Gasteiger partial charge >= 0.3 is 6.03 Å². The molecular weight excluding hydrogens is 350 g/mol. The Hall–Kier alpha value is -1.67. The summed E-state index contributed by atoms with van der Waals surface area (Å²) in [7, 11) is 0. The SMILES string of the molecule is CCC1OCC(=O)C1NC(=O)C(CC(C)C(C)C)NC(=O)N1CCOCC1. The van der Waals surface area contributed by atoms with Crippen LogP contribution in [0.2, 0.25) is 0 Å². The minimum atomic E-state index is -0.691. The van der Waals surface area contributed by atoms with Crippen molar-refractivity contribution >= 4 is 17.7 Å². The third-order valence-corrected chi connectivity index (χ3v) is 5.52. The fraction of sp³-hybridized carbons (Fsp3) is 0.842. The zero-order chi connectivity index (χ0) is 20.0. The van der Waals surface area contributed by atoms with Crippen molar-refractivity contribution in [2.45, 2.75) is 58.7 Å². The Morgan fingerprint density at radius 2 is 1.89 bits per heavy atom. The second kappa shape index (κ2) is 10.0. The van der Waals surface area contributed by atoms with Gasteiger partial charge in [-0.25, -0.2) is 4.79 Å². The van der Waals surface area contributed by atoms with Gasteiger partial charge in [0.25, 0.3) is 0 Å². The lowest BCUT2D eigenvalue weighted by Gasteiger charge is -2.31. The van der Waals surface area contributed by atoms with Crippen LogP contribution < -0.4 is 10.6 Å². The molecule has 2 aliphatic rings. The van der Waals surface area contributed by atoms with E-state index in [4.69, 9.17) is 9.47 Å². The van der Waals surface area contributed by atoms with Crippen molar-refractivity contribution in [1.82, 2.24) is 15.5 Å². The lowest BCUT2D eigenvalue weighted by atomic mass is 9.90. The molecule has 154 valence electrons. The number of ether oxygens (including phenoxy) is 2. The lowest BCUT2D eigenvalue weighted by molar-refractivity contribution is -0.128. The fourth-order valence-electron chi connectivity index (χ4n) is 3.25. The molecule has 2 aliphatic heterocycles. The summed E-state index contributed by atoms with van der Waals surface area (Å²) in [6, 6.07) is -1.60. The van der Waals surface area contributed by atoms with Crippen LogP contribution in [0.5, 0.6) is 0 Å². The van der Waals surface area contributed by atoms with Gasteiger partial charge in [-0.3, -0.25) is 9.59 Å². The minimum Gasteiger partial charge on any atom is -0.378 e. The molecule has 0 bridgehead atoms. The topological polar surface area (TPSA) is 97.0 Å². The maximum atomic E-state index is 12.9. The van der Waals surface area contributed by atoms with Crippen LogP contribution in [0, 0.1) is 11.8 Å². The van der Waals surface area contributed by atoms with Gasteiger partial charge in [0.2, 0.25) is 5.91 Å². The van der Waals surface area contributed by atoms with E-state index in [1.807, 2.05) is 6.92 Å². The van der Waals surface area contributed by atoms with Crippen molar-refractivity contribution < 1.29 is 23.9 Å². The highest BCUT2D eigenvalue weighted by atomic mass is 16.5. The summed E-state index contributed by atoms with van der Waals surface area (Å²) in [5.74, 6) is 0.167. The highest BCUT2D eigenvalue weighted by molar-refractivity contribution is 5.94. The Kier molecular flexibility index (Phi) is 8.04. The second-order valence-electron chi connectivity index (χ2n) is 7.77. The molecule has 2 rings (SSSR count). The molecule has 4 atom stereocenters. The molecule has 27 heavy (non-hydrogen) atoms. The van der Waals surface area contributed by atoms with Crippen LogP contribution in [0.3, 0.4) is 0 Å². The number of carbonyl (C=O) groups excluding carboxylic acids is 3. The number of morpholine rings is 1. The van der Waals surface area contributed by atoms with Gasteiger partial charge < -0.3 is 25.0 Å². The third-order valence-electron chi connectivity index (χ3n) is 5.52. The van der Waals surface area contributed by atoms with Gasteiger partial charge in [-0.15, -0.1) is 0 Å². The molecule has 0 saturated carbocycles. The van der Waals surface area contributed by atoms with Gasteiger partial charge in [-0.2, -0.15) is 0 Å². The first-order valence-electron chi connectivity index (χ1n) is 9.91. The fourth-order valence-corrected chi connectivity index (χ4v) is 3.25. The molecule has 0 aromatic carbocycles. The van der Waals surface area contributed by atoms with Crippen LogP contribution in [0.25, 0.3) is 0 Å². The number of hydrogen-bond acceptors (Lipinski definition) is 5. The summed E-state index contributed by atoms with van der Waals surface area (Å²) >= 11 is 0. The van der Waals surface area contributed by atoms with Gasteiger partial charge in [-0.05, 0) is 24.7 Å². The van der Waals surface area contributed by atoms with Gasteiger partial charge in [0.1, 0.15) is 18.7 Å². The monoisotopic (exact) mass is 383 g/mol. The maximum Gasteiger partial charge on any atom is 0.318 e. The molecule has 4 unspecified atom stereocenters. The number of amides is 3.